The van der Waals surface area contributed by atoms with Crippen molar-refractivity contribution in [1.82, 2.24) is 10.6 Å². The largest absolute Gasteiger partial charge is 0.460 e. The monoisotopic (exact) mass is 449 g/mol. The van der Waals surface area contributed by atoms with Crippen molar-refractivity contribution >= 4 is 17.8 Å². The second-order valence-electron chi connectivity index (χ2n) is 7.57. The van der Waals surface area contributed by atoms with E-state index in [9.17, 15) is 14.4 Å². The summed E-state index contributed by atoms with van der Waals surface area (Å²) in [6.45, 7) is 10.3. The third-order valence-corrected chi connectivity index (χ3v) is 3.49. The Hall–Kier alpha value is -1.79. The Labute approximate surface area is 184 Å². The third-order valence-electron chi connectivity index (χ3n) is 3.49. The third kappa shape index (κ3) is 19.9. The number of esters is 1. The Bertz CT molecular complexity index is 511. The molecule has 0 aliphatic rings. The van der Waals surface area contributed by atoms with Crippen molar-refractivity contribution < 1.29 is 38.1 Å². The molecule has 0 aliphatic carbocycles. The molecule has 0 saturated heterocycles. The number of hydrogen-bond acceptors (Lipinski definition) is 9. The summed E-state index contributed by atoms with van der Waals surface area (Å²) in [4.78, 5) is 34.3. The molecule has 0 bridgehead atoms. The quantitative estimate of drug-likeness (QED) is 0.184. The fourth-order valence-corrected chi connectivity index (χ4v) is 2.08. The normalized spacial score (nSPS) is 12.3. The molecule has 0 aromatic heterocycles. The van der Waals surface area contributed by atoms with Gasteiger partial charge in [-0.3, -0.25) is 14.4 Å². The Morgan fingerprint density at radius 1 is 0.839 bits per heavy atom. The number of nitrogens with two attached hydrogens (primary N) is 1. The fourth-order valence-electron chi connectivity index (χ4n) is 2.08. The first-order valence-corrected chi connectivity index (χ1v) is 10.5. The van der Waals surface area contributed by atoms with Crippen molar-refractivity contribution in [2.45, 2.75) is 45.8 Å². The van der Waals surface area contributed by atoms with Crippen molar-refractivity contribution in [3.05, 3.63) is 0 Å². The molecule has 1 atom stereocenters. The van der Waals surface area contributed by atoms with E-state index in [1.165, 1.54) is 0 Å². The van der Waals surface area contributed by atoms with E-state index in [0.717, 1.165) is 0 Å². The van der Waals surface area contributed by atoms with Gasteiger partial charge in [-0.1, -0.05) is 0 Å². The molecule has 0 spiro atoms. The first-order chi connectivity index (χ1) is 14.7. The lowest BCUT2D eigenvalue weighted by Crippen LogP contribution is -2.47. The summed E-state index contributed by atoms with van der Waals surface area (Å²) in [6.07, 6.45) is 0.216. The van der Waals surface area contributed by atoms with Crippen LogP contribution in [0.1, 0.15) is 34.1 Å². The standard InChI is InChI=1S/C20H39N3O8/c1-16(23-17(24)15-21)19(26)22-6-8-28-10-12-30-14-13-29-11-9-27-7-5-18(25)31-20(2,3)4/h16H,5-15,21H2,1-4H3,(H,22,26)(H,23,24). The summed E-state index contributed by atoms with van der Waals surface area (Å²) in [6, 6.07) is -0.644. The number of rotatable bonds is 18. The lowest BCUT2D eigenvalue weighted by atomic mass is 10.2. The van der Waals surface area contributed by atoms with Gasteiger partial charge in [-0.2, -0.15) is 0 Å². The highest BCUT2D eigenvalue weighted by Gasteiger charge is 2.15. The number of hydrogen-bond donors (Lipinski definition) is 3. The summed E-state index contributed by atoms with van der Waals surface area (Å²) < 4.78 is 26.6. The van der Waals surface area contributed by atoms with Gasteiger partial charge in [-0.25, -0.2) is 0 Å². The summed E-state index contributed by atoms with van der Waals surface area (Å²) in [5.74, 6) is -0.963. The molecule has 182 valence electrons. The minimum Gasteiger partial charge on any atom is -0.460 e. The molecule has 0 aliphatic heterocycles. The van der Waals surface area contributed by atoms with Crippen LogP contribution in [0.15, 0.2) is 0 Å². The van der Waals surface area contributed by atoms with Crippen LogP contribution in [0.5, 0.6) is 0 Å². The predicted molar refractivity (Wildman–Crippen MR) is 113 cm³/mol. The fraction of sp³-hybridized carbons (Fsp3) is 0.850. The van der Waals surface area contributed by atoms with Crippen LogP contribution < -0.4 is 16.4 Å². The second-order valence-corrected chi connectivity index (χ2v) is 7.57. The van der Waals surface area contributed by atoms with Gasteiger partial charge < -0.3 is 40.1 Å². The summed E-state index contributed by atoms with van der Waals surface area (Å²) in [5, 5.41) is 5.12. The zero-order valence-electron chi connectivity index (χ0n) is 19.2. The second kappa shape index (κ2) is 17.8. The average molecular weight is 450 g/mol. The SMILES string of the molecule is CC(NC(=O)CN)C(=O)NCCOCCOCCOCCOCCC(=O)OC(C)(C)C. The Balaban J connectivity index is 3.34. The first-order valence-electron chi connectivity index (χ1n) is 10.5. The zero-order valence-corrected chi connectivity index (χ0v) is 19.2. The van der Waals surface area contributed by atoms with Crippen LogP contribution in [0.4, 0.5) is 0 Å². The lowest BCUT2D eigenvalue weighted by molar-refractivity contribution is -0.156. The van der Waals surface area contributed by atoms with E-state index in [2.05, 4.69) is 10.6 Å². The lowest BCUT2D eigenvalue weighted by Gasteiger charge is -2.19. The van der Waals surface area contributed by atoms with E-state index in [1.54, 1.807) is 6.92 Å². The molecule has 0 saturated carbocycles. The maximum Gasteiger partial charge on any atom is 0.308 e. The van der Waals surface area contributed by atoms with Crippen molar-refractivity contribution in [2.75, 3.05) is 65.9 Å². The minimum absolute atomic E-state index is 0.157. The van der Waals surface area contributed by atoms with Gasteiger partial charge >= 0.3 is 5.97 Å². The van der Waals surface area contributed by atoms with E-state index in [4.69, 9.17) is 29.4 Å². The molecule has 11 heteroatoms. The Morgan fingerprint density at radius 2 is 1.32 bits per heavy atom. The molecule has 0 rings (SSSR count). The highest BCUT2D eigenvalue weighted by atomic mass is 16.6. The van der Waals surface area contributed by atoms with Crippen molar-refractivity contribution in [3.63, 3.8) is 0 Å². The smallest absolute Gasteiger partial charge is 0.308 e. The molecule has 1 unspecified atom stereocenters. The van der Waals surface area contributed by atoms with Crippen LogP contribution in [-0.4, -0.2) is 95.4 Å². The molecule has 2 amide bonds. The number of nitrogens with one attached hydrogen (secondary N) is 2. The van der Waals surface area contributed by atoms with Gasteiger partial charge in [-0.05, 0) is 27.7 Å². The molecule has 0 aromatic carbocycles. The van der Waals surface area contributed by atoms with Gasteiger partial charge in [0.05, 0.1) is 65.8 Å². The van der Waals surface area contributed by atoms with Crippen LogP contribution in [-0.2, 0) is 38.1 Å². The van der Waals surface area contributed by atoms with Gasteiger partial charge in [0.2, 0.25) is 11.8 Å². The zero-order chi connectivity index (χ0) is 23.5. The molecule has 0 fully saturated rings. The van der Waals surface area contributed by atoms with E-state index >= 15 is 0 Å². The highest BCUT2D eigenvalue weighted by molar-refractivity contribution is 5.87. The van der Waals surface area contributed by atoms with E-state index < -0.39 is 11.6 Å². The summed E-state index contributed by atoms with van der Waals surface area (Å²) >= 11 is 0. The number of ether oxygens (including phenoxy) is 5. The van der Waals surface area contributed by atoms with Crippen LogP contribution in [0.3, 0.4) is 0 Å². The molecule has 11 nitrogen and oxygen atoms in total. The number of carbonyl (C=O) groups excluding carboxylic acids is 3. The predicted octanol–water partition coefficient (Wildman–Crippen LogP) is -0.636. The number of amides is 2. The molecule has 0 radical (unpaired) electrons. The minimum atomic E-state index is -0.644. The molecular weight excluding hydrogens is 410 g/mol. The molecule has 0 aromatic rings. The average Bonchev–Trinajstić information content (AvgIpc) is 2.69. The first kappa shape index (κ1) is 29.2. The van der Waals surface area contributed by atoms with Crippen LogP contribution >= 0.6 is 0 Å². The van der Waals surface area contributed by atoms with Gasteiger partial charge in [0.15, 0.2) is 0 Å². The van der Waals surface area contributed by atoms with E-state index in [0.29, 0.717) is 59.4 Å². The Morgan fingerprint density at radius 3 is 1.81 bits per heavy atom. The maximum atomic E-state index is 11.7. The van der Waals surface area contributed by atoms with Gasteiger partial charge in [-0.15, -0.1) is 0 Å². The highest BCUT2D eigenvalue weighted by Crippen LogP contribution is 2.07. The molecular formula is C20H39N3O8. The molecule has 4 N–H and O–H groups in total. The van der Waals surface area contributed by atoms with E-state index in [-0.39, 0.29) is 30.7 Å². The van der Waals surface area contributed by atoms with Gasteiger partial charge in [0.1, 0.15) is 11.6 Å². The van der Waals surface area contributed by atoms with Crippen molar-refractivity contribution in [2.24, 2.45) is 5.73 Å². The summed E-state index contributed by atoms with van der Waals surface area (Å²) in [5.41, 5.74) is 4.69. The Kier molecular flexibility index (Phi) is 16.8. The van der Waals surface area contributed by atoms with Crippen LogP contribution in [0.25, 0.3) is 0 Å². The maximum absolute atomic E-state index is 11.7. The molecule has 0 heterocycles. The van der Waals surface area contributed by atoms with Gasteiger partial charge in [0, 0.05) is 6.54 Å². The van der Waals surface area contributed by atoms with Crippen molar-refractivity contribution in [1.29, 1.82) is 0 Å². The van der Waals surface area contributed by atoms with Crippen molar-refractivity contribution in [3.8, 4) is 0 Å². The summed E-state index contributed by atoms with van der Waals surface area (Å²) in [7, 11) is 0. The number of carbonyl (C=O) groups is 3. The van der Waals surface area contributed by atoms with Crippen LogP contribution in [0, 0.1) is 0 Å². The van der Waals surface area contributed by atoms with E-state index in [1.807, 2.05) is 20.8 Å². The van der Waals surface area contributed by atoms with Crippen LogP contribution in [0.2, 0.25) is 0 Å². The topological polar surface area (TPSA) is 147 Å². The molecule has 31 heavy (non-hydrogen) atoms. The van der Waals surface area contributed by atoms with Gasteiger partial charge in [0.25, 0.3) is 0 Å².